The summed E-state index contributed by atoms with van der Waals surface area (Å²) >= 11 is 0. The van der Waals surface area contributed by atoms with Gasteiger partial charge in [0, 0.05) is 17.5 Å². The lowest BCUT2D eigenvalue weighted by molar-refractivity contribution is 0.406. The minimum Gasteiger partial charge on any atom is -0.507 e. The average Bonchev–Trinajstić information content (AvgIpc) is 2.64. The monoisotopic (exact) mass is 316 g/mol. The highest BCUT2D eigenvalue weighted by molar-refractivity contribution is 5.55. The molecule has 1 atom stereocenters. The van der Waals surface area contributed by atoms with Gasteiger partial charge in [-0.1, -0.05) is 78.9 Å². The van der Waals surface area contributed by atoms with Gasteiger partial charge in [0.25, 0.3) is 0 Å². The molecule has 0 aromatic heterocycles. The molecule has 0 saturated heterocycles. The largest absolute Gasteiger partial charge is 0.507 e. The van der Waals surface area contributed by atoms with Crippen molar-refractivity contribution in [3.8, 4) is 11.5 Å². The highest BCUT2D eigenvalue weighted by atomic mass is 16.5. The standard InChI is InChI=1S/C22H20O2/c1-24-19-13-15-21(22(23)16-19)20(18-10-6-3-7-11-18)14-12-17-8-4-2-5-9-17/h2-16,20,23H,1H3/b14-12+. The summed E-state index contributed by atoms with van der Waals surface area (Å²) in [6.45, 7) is 0. The van der Waals surface area contributed by atoms with Crippen LogP contribution in [0, 0.1) is 0 Å². The maximum absolute atomic E-state index is 10.4. The molecule has 0 amide bonds. The van der Waals surface area contributed by atoms with Crippen molar-refractivity contribution >= 4 is 6.08 Å². The quantitative estimate of drug-likeness (QED) is 0.697. The van der Waals surface area contributed by atoms with Gasteiger partial charge in [-0.15, -0.1) is 0 Å². The van der Waals surface area contributed by atoms with E-state index in [9.17, 15) is 5.11 Å². The summed E-state index contributed by atoms with van der Waals surface area (Å²) < 4.78 is 5.19. The first-order chi connectivity index (χ1) is 11.8. The van der Waals surface area contributed by atoms with E-state index in [1.165, 1.54) is 0 Å². The molecule has 0 radical (unpaired) electrons. The molecule has 0 bridgehead atoms. The van der Waals surface area contributed by atoms with Gasteiger partial charge in [0.1, 0.15) is 11.5 Å². The van der Waals surface area contributed by atoms with Crippen LogP contribution in [0.1, 0.15) is 22.6 Å². The molecule has 1 N–H and O–H groups in total. The van der Waals surface area contributed by atoms with Crippen molar-refractivity contribution in [2.24, 2.45) is 0 Å². The summed E-state index contributed by atoms with van der Waals surface area (Å²) in [5.41, 5.74) is 3.12. The van der Waals surface area contributed by atoms with Crippen LogP contribution < -0.4 is 4.74 Å². The molecule has 3 aromatic carbocycles. The van der Waals surface area contributed by atoms with Gasteiger partial charge in [0.2, 0.25) is 0 Å². The lowest BCUT2D eigenvalue weighted by Crippen LogP contribution is -1.98. The van der Waals surface area contributed by atoms with Crippen LogP contribution in [-0.4, -0.2) is 12.2 Å². The summed E-state index contributed by atoms with van der Waals surface area (Å²) in [5, 5.41) is 10.4. The molecule has 120 valence electrons. The van der Waals surface area contributed by atoms with Gasteiger partial charge in [-0.05, 0) is 17.2 Å². The molecule has 0 aliphatic rings. The third kappa shape index (κ3) is 3.66. The van der Waals surface area contributed by atoms with Crippen LogP contribution in [0.15, 0.2) is 84.9 Å². The van der Waals surface area contributed by atoms with Crippen LogP contribution in [0.4, 0.5) is 0 Å². The number of rotatable bonds is 5. The average molecular weight is 316 g/mol. The Morgan fingerprint density at radius 1 is 0.875 bits per heavy atom. The van der Waals surface area contributed by atoms with E-state index < -0.39 is 0 Å². The SMILES string of the molecule is COc1ccc(C(/C=C/c2ccccc2)c2ccccc2)c(O)c1. The highest BCUT2D eigenvalue weighted by Gasteiger charge is 2.15. The molecule has 2 heteroatoms. The first kappa shape index (κ1) is 15.9. The minimum absolute atomic E-state index is 0.0303. The van der Waals surface area contributed by atoms with E-state index in [4.69, 9.17) is 4.74 Å². The first-order valence-corrected chi connectivity index (χ1v) is 7.93. The fourth-order valence-electron chi connectivity index (χ4n) is 2.74. The fraction of sp³-hybridized carbons (Fsp3) is 0.0909. The molecule has 2 nitrogen and oxygen atoms in total. The zero-order chi connectivity index (χ0) is 16.8. The minimum atomic E-state index is -0.0303. The Morgan fingerprint density at radius 3 is 2.17 bits per heavy atom. The fourth-order valence-corrected chi connectivity index (χ4v) is 2.74. The number of phenols is 1. The van der Waals surface area contributed by atoms with Crippen LogP contribution in [0.2, 0.25) is 0 Å². The molecule has 0 aliphatic heterocycles. The summed E-state index contributed by atoms with van der Waals surface area (Å²) in [7, 11) is 1.60. The molecular formula is C22H20O2. The number of benzene rings is 3. The van der Waals surface area contributed by atoms with E-state index in [1.54, 1.807) is 13.2 Å². The number of methoxy groups -OCH3 is 1. The Balaban J connectivity index is 2.01. The zero-order valence-electron chi connectivity index (χ0n) is 13.6. The van der Waals surface area contributed by atoms with Gasteiger partial charge < -0.3 is 9.84 Å². The molecule has 0 heterocycles. The molecule has 0 saturated carbocycles. The molecule has 0 fully saturated rings. The Kier molecular flexibility index (Phi) is 4.97. The Hall–Kier alpha value is -3.00. The number of allylic oxidation sites excluding steroid dienone is 1. The topological polar surface area (TPSA) is 29.5 Å². The van der Waals surface area contributed by atoms with Crippen molar-refractivity contribution in [1.29, 1.82) is 0 Å². The van der Waals surface area contributed by atoms with E-state index >= 15 is 0 Å². The summed E-state index contributed by atoms with van der Waals surface area (Å²) in [5.74, 6) is 0.855. The van der Waals surface area contributed by atoms with Crippen molar-refractivity contribution in [3.05, 3.63) is 102 Å². The molecule has 0 spiro atoms. The second-order valence-corrected chi connectivity index (χ2v) is 5.58. The summed E-state index contributed by atoms with van der Waals surface area (Å²) in [4.78, 5) is 0. The van der Waals surface area contributed by atoms with E-state index in [2.05, 4.69) is 36.4 Å². The van der Waals surface area contributed by atoms with Gasteiger partial charge >= 0.3 is 0 Å². The Labute approximate surface area is 142 Å². The van der Waals surface area contributed by atoms with Gasteiger partial charge in [-0.25, -0.2) is 0 Å². The van der Waals surface area contributed by atoms with Crippen molar-refractivity contribution in [2.45, 2.75) is 5.92 Å². The van der Waals surface area contributed by atoms with Crippen molar-refractivity contribution in [3.63, 3.8) is 0 Å². The molecule has 3 aromatic rings. The van der Waals surface area contributed by atoms with Crippen molar-refractivity contribution < 1.29 is 9.84 Å². The molecule has 1 unspecified atom stereocenters. The third-order valence-corrected chi connectivity index (χ3v) is 4.01. The molecule has 0 aliphatic carbocycles. The number of ether oxygens (including phenoxy) is 1. The maximum atomic E-state index is 10.4. The predicted molar refractivity (Wildman–Crippen MR) is 98.4 cm³/mol. The van der Waals surface area contributed by atoms with Gasteiger partial charge in [-0.3, -0.25) is 0 Å². The number of phenolic OH excluding ortho intramolecular Hbond substituents is 1. The second-order valence-electron chi connectivity index (χ2n) is 5.58. The molecule has 24 heavy (non-hydrogen) atoms. The van der Waals surface area contributed by atoms with E-state index in [-0.39, 0.29) is 11.7 Å². The van der Waals surface area contributed by atoms with Gasteiger partial charge in [0.05, 0.1) is 7.11 Å². The third-order valence-electron chi connectivity index (χ3n) is 4.01. The van der Waals surface area contributed by atoms with Crippen molar-refractivity contribution in [2.75, 3.05) is 7.11 Å². The van der Waals surface area contributed by atoms with E-state index in [0.717, 1.165) is 16.7 Å². The van der Waals surface area contributed by atoms with Crippen LogP contribution in [0.3, 0.4) is 0 Å². The Bertz CT molecular complexity index is 808. The first-order valence-electron chi connectivity index (χ1n) is 7.93. The summed E-state index contributed by atoms with van der Waals surface area (Å²) in [6, 6.07) is 25.8. The van der Waals surface area contributed by atoms with Crippen LogP contribution in [0.25, 0.3) is 6.08 Å². The van der Waals surface area contributed by atoms with Crippen LogP contribution in [0.5, 0.6) is 11.5 Å². The van der Waals surface area contributed by atoms with Gasteiger partial charge in [0.15, 0.2) is 0 Å². The number of aromatic hydroxyl groups is 1. The lowest BCUT2D eigenvalue weighted by Gasteiger charge is -2.16. The highest BCUT2D eigenvalue weighted by Crippen LogP contribution is 2.35. The molecular weight excluding hydrogens is 296 g/mol. The normalized spacial score (nSPS) is 12.2. The van der Waals surface area contributed by atoms with E-state index in [0.29, 0.717) is 5.75 Å². The summed E-state index contributed by atoms with van der Waals surface area (Å²) in [6.07, 6.45) is 4.20. The second kappa shape index (κ2) is 7.51. The molecule has 3 rings (SSSR count). The van der Waals surface area contributed by atoms with Crippen LogP contribution in [-0.2, 0) is 0 Å². The maximum Gasteiger partial charge on any atom is 0.123 e. The smallest absolute Gasteiger partial charge is 0.123 e. The predicted octanol–water partition coefficient (Wildman–Crippen LogP) is 5.25. The Morgan fingerprint density at radius 2 is 1.54 bits per heavy atom. The van der Waals surface area contributed by atoms with E-state index in [1.807, 2.05) is 48.5 Å². The number of hydrogen-bond acceptors (Lipinski definition) is 2. The van der Waals surface area contributed by atoms with Gasteiger partial charge in [-0.2, -0.15) is 0 Å². The zero-order valence-corrected chi connectivity index (χ0v) is 13.6. The lowest BCUT2D eigenvalue weighted by atomic mass is 9.89. The van der Waals surface area contributed by atoms with Crippen LogP contribution >= 0.6 is 0 Å². The van der Waals surface area contributed by atoms with Crippen molar-refractivity contribution in [1.82, 2.24) is 0 Å². The number of hydrogen-bond donors (Lipinski definition) is 1.